The predicted octanol–water partition coefficient (Wildman–Crippen LogP) is 2.34. The van der Waals surface area contributed by atoms with Crippen molar-refractivity contribution < 1.29 is 9.53 Å². The summed E-state index contributed by atoms with van der Waals surface area (Å²) >= 11 is 0. The fraction of sp³-hybridized carbons (Fsp3) is 0.700. The van der Waals surface area contributed by atoms with Crippen molar-refractivity contribution in [2.45, 2.75) is 38.7 Å². The zero-order valence-corrected chi connectivity index (χ0v) is 7.95. The molecule has 0 heterocycles. The van der Waals surface area contributed by atoms with Crippen molar-refractivity contribution in [1.29, 1.82) is 0 Å². The van der Waals surface area contributed by atoms with E-state index < -0.39 is 0 Å². The van der Waals surface area contributed by atoms with Crippen molar-refractivity contribution in [2.24, 2.45) is 0 Å². The minimum absolute atomic E-state index is 0.279. The van der Waals surface area contributed by atoms with E-state index in [1.165, 1.54) is 18.9 Å². The third-order valence-electron chi connectivity index (χ3n) is 1.83. The molecule has 0 bridgehead atoms. The molecule has 70 valence electrons. The molecule has 12 heavy (non-hydrogen) atoms. The molecule has 0 aliphatic rings. The van der Waals surface area contributed by atoms with Gasteiger partial charge in [0, 0.05) is 7.11 Å². The molecule has 0 aliphatic heterocycles. The van der Waals surface area contributed by atoms with Crippen LogP contribution in [0.3, 0.4) is 0 Å². The Labute approximate surface area is 74.6 Å². The summed E-state index contributed by atoms with van der Waals surface area (Å²) in [5.41, 5.74) is 0. The standard InChI is InChI=1S/C10H18O2/c1-3-4-7-10(12-2)8-5-6-9-11/h5-6,9-10H,3-4,7-8H2,1-2H3/b6-5+. The first kappa shape index (κ1) is 11.4. The number of methoxy groups -OCH3 is 1. The minimum atomic E-state index is 0.279. The fourth-order valence-electron chi connectivity index (χ4n) is 1.05. The number of carbonyl (C=O) groups is 1. The summed E-state index contributed by atoms with van der Waals surface area (Å²) in [5, 5.41) is 0. The maximum atomic E-state index is 9.96. The Kier molecular flexibility index (Phi) is 8.02. The molecule has 0 aromatic rings. The molecule has 0 aromatic carbocycles. The largest absolute Gasteiger partial charge is 0.381 e. The van der Waals surface area contributed by atoms with Gasteiger partial charge in [0.25, 0.3) is 0 Å². The van der Waals surface area contributed by atoms with Gasteiger partial charge in [-0.25, -0.2) is 0 Å². The van der Waals surface area contributed by atoms with Crippen LogP contribution in [0.4, 0.5) is 0 Å². The highest BCUT2D eigenvalue weighted by Crippen LogP contribution is 2.07. The summed E-state index contributed by atoms with van der Waals surface area (Å²) in [6.45, 7) is 2.16. The van der Waals surface area contributed by atoms with Gasteiger partial charge in [-0.05, 0) is 18.9 Å². The van der Waals surface area contributed by atoms with Crippen LogP contribution >= 0.6 is 0 Å². The first-order chi connectivity index (χ1) is 5.85. The minimum Gasteiger partial charge on any atom is -0.381 e. The Morgan fingerprint density at radius 2 is 2.25 bits per heavy atom. The van der Waals surface area contributed by atoms with Crippen molar-refractivity contribution >= 4 is 6.29 Å². The summed E-state index contributed by atoms with van der Waals surface area (Å²) in [6, 6.07) is 0. The Hall–Kier alpha value is -0.630. The van der Waals surface area contributed by atoms with Crippen molar-refractivity contribution in [3.63, 3.8) is 0 Å². The number of aldehydes is 1. The van der Waals surface area contributed by atoms with Crippen LogP contribution < -0.4 is 0 Å². The van der Waals surface area contributed by atoms with Gasteiger partial charge in [-0.2, -0.15) is 0 Å². The molecule has 2 heteroatoms. The zero-order valence-electron chi connectivity index (χ0n) is 7.95. The van der Waals surface area contributed by atoms with E-state index in [1.54, 1.807) is 7.11 Å². The van der Waals surface area contributed by atoms with Crippen LogP contribution in [-0.2, 0) is 9.53 Å². The predicted molar refractivity (Wildman–Crippen MR) is 50.1 cm³/mol. The van der Waals surface area contributed by atoms with E-state index >= 15 is 0 Å². The van der Waals surface area contributed by atoms with E-state index in [0.29, 0.717) is 0 Å². The van der Waals surface area contributed by atoms with Crippen molar-refractivity contribution in [1.82, 2.24) is 0 Å². The van der Waals surface area contributed by atoms with Gasteiger partial charge >= 0.3 is 0 Å². The highest BCUT2D eigenvalue weighted by Gasteiger charge is 2.02. The lowest BCUT2D eigenvalue weighted by Crippen LogP contribution is -2.08. The summed E-state index contributed by atoms with van der Waals surface area (Å²) in [4.78, 5) is 9.96. The number of rotatable bonds is 7. The second-order valence-corrected chi connectivity index (χ2v) is 2.80. The molecule has 0 spiro atoms. The summed E-state index contributed by atoms with van der Waals surface area (Å²) in [5.74, 6) is 0. The van der Waals surface area contributed by atoms with Gasteiger partial charge in [-0.15, -0.1) is 0 Å². The zero-order chi connectivity index (χ0) is 9.23. The van der Waals surface area contributed by atoms with Gasteiger partial charge in [0.15, 0.2) is 0 Å². The van der Waals surface area contributed by atoms with E-state index in [0.717, 1.165) is 19.1 Å². The van der Waals surface area contributed by atoms with Gasteiger partial charge in [0.2, 0.25) is 0 Å². The van der Waals surface area contributed by atoms with Crippen LogP contribution in [0.1, 0.15) is 32.6 Å². The molecule has 0 aromatic heterocycles. The SMILES string of the molecule is CCCCC(C/C=C/C=O)OC. The Bertz CT molecular complexity index is 130. The Balaban J connectivity index is 3.51. The maximum absolute atomic E-state index is 9.96. The third-order valence-corrected chi connectivity index (χ3v) is 1.83. The molecule has 0 amide bonds. The average Bonchev–Trinajstić information content (AvgIpc) is 2.11. The molecule has 0 saturated carbocycles. The number of ether oxygens (including phenoxy) is 1. The van der Waals surface area contributed by atoms with E-state index in [1.807, 2.05) is 6.08 Å². The molecule has 0 rings (SSSR count). The number of hydrogen-bond acceptors (Lipinski definition) is 2. The van der Waals surface area contributed by atoms with Crippen LogP contribution in [0.15, 0.2) is 12.2 Å². The first-order valence-corrected chi connectivity index (χ1v) is 4.48. The van der Waals surface area contributed by atoms with Crippen molar-refractivity contribution in [2.75, 3.05) is 7.11 Å². The molecule has 2 nitrogen and oxygen atoms in total. The third kappa shape index (κ3) is 6.10. The highest BCUT2D eigenvalue weighted by atomic mass is 16.5. The van der Waals surface area contributed by atoms with E-state index in [-0.39, 0.29) is 6.10 Å². The molecule has 0 saturated heterocycles. The van der Waals surface area contributed by atoms with Gasteiger partial charge < -0.3 is 4.74 Å². The lowest BCUT2D eigenvalue weighted by Gasteiger charge is -2.11. The number of hydrogen-bond donors (Lipinski definition) is 0. The summed E-state index contributed by atoms with van der Waals surface area (Å²) in [7, 11) is 1.72. The average molecular weight is 170 g/mol. The van der Waals surface area contributed by atoms with Gasteiger partial charge in [0.05, 0.1) is 6.10 Å². The summed E-state index contributed by atoms with van der Waals surface area (Å²) in [6.07, 6.45) is 8.76. The fourth-order valence-corrected chi connectivity index (χ4v) is 1.05. The highest BCUT2D eigenvalue weighted by molar-refractivity contribution is 5.64. The van der Waals surface area contributed by atoms with E-state index in [4.69, 9.17) is 4.74 Å². The van der Waals surface area contributed by atoms with Gasteiger partial charge in [-0.3, -0.25) is 4.79 Å². The summed E-state index contributed by atoms with van der Waals surface area (Å²) < 4.78 is 5.23. The molecule has 0 aliphatic carbocycles. The molecular weight excluding hydrogens is 152 g/mol. The molecule has 0 radical (unpaired) electrons. The van der Waals surface area contributed by atoms with Crippen LogP contribution in [0.5, 0.6) is 0 Å². The van der Waals surface area contributed by atoms with Crippen LogP contribution in [0, 0.1) is 0 Å². The monoisotopic (exact) mass is 170 g/mol. The Morgan fingerprint density at radius 1 is 1.50 bits per heavy atom. The second-order valence-electron chi connectivity index (χ2n) is 2.80. The number of carbonyl (C=O) groups excluding carboxylic acids is 1. The molecule has 0 N–H and O–H groups in total. The van der Waals surface area contributed by atoms with Crippen LogP contribution in [-0.4, -0.2) is 19.5 Å². The van der Waals surface area contributed by atoms with Crippen molar-refractivity contribution in [3.8, 4) is 0 Å². The lowest BCUT2D eigenvalue weighted by atomic mass is 10.1. The van der Waals surface area contributed by atoms with Crippen LogP contribution in [0.2, 0.25) is 0 Å². The maximum Gasteiger partial charge on any atom is 0.142 e. The topological polar surface area (TPSA) is 26.3 Å². The number of unbranched alkanes of at least 4 members (excludes halogenated alkanes) is 1. The molecule has 0 fully saturated rings. The molecule has 1 atom stereocenters. The van der Waals surface area contributed by atoms with E-state index in [9.17, 15) is 4.79 Å². The van der Waals surface area contributed by atoms with E-state index in [2.05, 4.69) is 6.92 Å². The van der Waals surface area contributed by atoms with Gasteiger partial charge in [-0.1, -0.05) is 25.8 Å². The normalized spacial score (nSPS) is 13.5. The second kappa shape index (κ2) is 8.47. The molecular formula is C10H18O2. The van der Waals surface area contributed by atoms with Crippen molar-refractivity contribution in [3.05, 3.63) is 12.2 Å². The number of allylic oxidation sites excluding steroid dienone is 1. The lowest BCUT2D eigenvalue weighted by molar-refractivity contribution is -0.104. The smallest absolute Gasteiger partial charge is 0.142 e. The van der Waals surface area contributed by atoms with Gasteiger partial charge in [0.1, 0.15) is 6.29 Å². The Morgan fingerprint density at radius 3 is 2.75 bits per heavy atom. The quantitative estimate of drug-likeness (QED) is 0.433. The molecule has 1 unspecified atom stereocenters. The van der Waals surface area contributed by atoms with Crippen LogP contribution in [0.25, 0.3) is 0 Å². The first-order valence-electron chi connectivity index (χ1n) is 4.48.